The van der Waals surface area contributed by atoms with Crippen molar-refractivity contribution in [3.8, 4) is 5.75 Å². The molecule has 1 aliphatic heterocycles. The smallest absolute Gasteiger partial charge is 0.123 e. The highest BCUT2D eigenvalue weighted by atomic mass is 16.5. The molecular weight excluding hydrogens is 240 g/mol. The fourth-order valence-electron chi connectivity index (χ4n) is 2.41. The van der Waals surface area contributed by atoms with Crippen LogP contribution in [0.2, 0.25) is 0 Å². The van der Waals surface area contributed by atoms with Crippen molar-refractivity contribution in [1.82, 2.24) is 10.2 Å². The van der Waals surface area contributed by atoms with E-state index < -0.39 is 0 Å². The molecule has 0 spiro atoms. The Labute approximate surface area is 115 Å². The Morgan fingerprint density at radius 2 is 2.05 bits per heavy atom. The van der Waals surface area contributed by atoms with E-state index in [0.29, 0.717) is 12.6 Å². The Hall–Kier alpha value is -1.10. The second kappa shape index (κ2) is 7.48. The largest absolute Gasteiger partial charge is 0.491 e. The molecule has 0 aliphatic carbocycles. The number of nitrogens with zero attached hydrogens (tertiary/aromatic N) is 1. The number of likely N-dealkylation sites (tertiary alicyclic amines) is 1. The number of ether oxygens (including phenoxy) is 1. The quantitative estimate of drug-likeness (QED) is 0.811. The standard InChI is InChI=1S/C15H24N2O2/c1-17-8-6-14(7-9-17)16-12-13-4-2-3-5-15(13)19-11-10-18/h2-5,14,16,18H,6-12H2,1H3. The van der Waals surface area contributed by atoms with Crippen molar-refractivity contribution in [2.75, 3.05) is 33.4 Å². The van der Waals surface area contributed by atoms with Gasteiger partial charge in [0.05, 0.1) is 6.61 Å². The number of para-hydroxylation sites is 1. The van der Waals surface area contributed by atoms with Gasteiger partial charge in [-0.2, -0.15) is 0 Å². The lowest BCUT2D eigenvalue weighted by Crippen LogP contribution is -2.40. The summed E-state index contributed by atoms with van der Waals surface area (Å²) < 4.78 is 5.55. The lowest BCUT2D eigenvalue weighted by molar-refractivity contribution is 0.199. The van der Waals surface area contributed by atoms with Gasteiger partial charge in [-0.05, 0) is 39.0 Å². The van der Waals surface area contributed by atoms with E-state index in [4.69, 9.17) is 9.84 Å². The molecule has 0 atom stereocenters. The first-order valence-corrected chi connectivity index (χ1v) is 7.03. The maximum absolute atomic E-state index is 8.83. The average molecular weight is 264 g/mol. The van der Waals surface area contributed by atoms with E-state index in [1.54, 1.807) is 0 Å². The van der Waals surface area contributed by atoms with Gasteiger partial charge in [-0.15, -0.1) is 0 Å². The minimum atomic E-state index is 0.0523. The molecule has 0 unspecified atom stereocenters. The van der Waals surface area contributed by atoms with Gasteiger partial charge in [0.2, 0.25) is 0 Å². The number of aliphatic hydroxyl groups is 1. The summed E-state index contributed by atoms with van der Waals surface area (Å²) >= 11 is 0. The van der Waals surface area contributed by atoms with Crippen molar-refractivity contribution in [2.45, 2.75) is 25.4 Å². The molecule has 0 radical (unpaired) electrons. The highest BCUT2D eigenvalue weighted by Crippen LogP contribution is 2.18. The summed E-state index contributed by atoms with van der Waals surface area (Å²) in [6, 6.07) is 8.63. The van der Waals surface area contributed by atoms with Gasteiger partial charge in [0.25, 0.3) is 0 Å². The van der Waals surface area contributed by atoms with Crippen LogP contribution in [0.1, 0.15) is 18.4 Å². The lowest BCUT2D eigenvalue weighted by atomic mass is 10.1. The number of piperidine rings is 1. The third-order valence-corrected chi connectivity index (χ3v) is 3.62. The number of hydrogen-bond donors (Lipinski definition) is 2. The van der Waals surface area contributed by atoms with E-state index in [0.717, 1.165) is 17.9 Å². The Balaban J connectivity index is 1.84. The maximum atomic E-state index is 8.83. The monoisotopic (exact) mass is 264 g/mol. The normalized spacial score (nSPS) is 17.6. The van der Waals surface area contributed by atoms with Crippen molar-refractivity contribution in [3.63, 3.8) is 0 Å². The molecule has 0 amide bonds. The molecule has 2 N–H and O–H groups in total. The van der Waals surface area contributed by atoms with Crippen molar-refractivity contribution in [1.29, 1.82) is 0 Å². The van der Waals surface area contributed by atoms with E-state index in [-0.39, 0.29) is 6.61 Å². The van der Waals surface area contributed by atoms with Gasteiger partial charge >= 0.3 is 0 Å². The van der Waals surface area contributed by atoms with Crippen LogP contribution in [0.25, 0.3) is 0 Å². The SMILES string of the molecule is CN1CCC(NCc2ccccc2OCCO)CC1. The van der Waals surface area contributed by atoms with Gasteiger partial charge in [0, 0.05) is 18.2 Å². The van der Waals surface area contributed by atoms with E-state index in [1.165, 1.54) is 25.9 Å². The van der Waals surface area contributed by atoms with Crippen molar-refractivity contribution >= 4 is 0 Å². The Morgan fingerprint density at radius 1 is 1.32 bits per heavy atom. The summed E-state index contributed by atoms with van der Waals surface area (Å²) in [6.45, 7) is 3.57. The van der Waals surface area contributed by atoms with E-state index in [9.17, 15) is 0 Å². The summed E-state index contributed by atoms with van der Waals surface area (Å²) in [6.07, 6.45) is 2.41. The molecule has 1 saturated heterocycles. The van der Waals surface area contributed by atoms with Crippen LogP contribution in [-0.4, -0.2) is 49.4 Å². The van der Waals surface area contributed by atoms with Crippen LogP contribution >= 0.6 is 0 Å². The minimum Gasteiger partial charge on any atom is -0.491 e. The van der Waals surface area contributed by atoms with Gasteiger partial charge in [0.1, 0.15) is 12.4 Å². The molecule has 106 valence electrons. The third-order valence-electron chi connectivity index (χ3n) is 3.62. The Bertz CT molecular complexity index is 376. The van der Waals surface area contributed by atoms with Crippen LogP contribution in [0.5, 0.6) is 5.75 Å². The summed E-state index contributed by atoms with van der Waals surface area (Å²) in [5.41, 5.74) is 1.16. The molecule has 1 aliphatic rings. The molecule has 1 aromatic rings. The number of aliphatic hydroxyl groups excluding tert-OH is 1. The number of benzene rings is 1. The fourth-order valence-corrected chi connectivity index (χ4v) is 2.41. The predicted octanol–water partition coefficient (Wildman–Crippen LogP) is 1.24. The zero-order valence-corrected chi connectivity index (χ0v) is 11.6. The van der Waals surface area contributed by atoms with Crippen LogP contribution in [-0.2, 0) is 6.54 Å². The summed E-state index contributed by atoms with van der Waals surface area (Å²) in [4.78, 5) is 2.37. The van der Waals surface area contributed by atoms with Gasteiger partial charge in [-0.1, -0.05) is 18.2 Å². The third kappa shape index (κ3) is 4.49. The van der Waals surface area contributed by atoms with Crippen LogP contribution in [0.4, 0.5) is 0 Å². The zero-order chi connectivity index (χ0) is 13.5. The van der Waals surface area contributed by atoms with E-state index >= 15 is 0 Å². The average Bonchev–Trinajstić information content (AvgIpc) is 2.45. The second-order valence-corrected chi connectivity index (χ2v) is 5.14. The molecule has 4 nitrogen and oxygen atoms in total. The Morgan fingerprint density at radius 3 is 2.79 bits per heavy atom. The van der Waals surface area contributed by atoms with Crippen LogP contribution in [0, 0.1) is 0 Å². The molecule has 19 heavy (non-hydrogen) atoms. The van der Waals surface area contributed by atoms with Crippen molar-refractivity contribution in [2.24, 2.45) is 0 Å². The number of nitrogens with one attached hydrogen (secondary N) is 1. The maximum Gasteiger partial charge on any atom is 0.123 e. The van der Waals surface area contributed by atoms with Crippen LogP contribution in [0.15, 0.2) is 24.3 Å². The second-order valence-electron chi connectivity index (χ2n) is 5.14. The first kappa shape index (κ1) is 14.3. The topological polar surface area (TPSA) is 44.7 Å². The molecule has 0 aromatic heterocycles. The van der Waals surface area contributed by atoms with E-state index in [2.05, 4.69) is 23.3 Å². The first-order chi connectivity index (χ1) is 9.29. The number of hydrogen-bond acceptors (Lipinski definition) is 4. The first-order valence-electron chi connectivity index (χ1n) is 7.03. The van der Waals surface area contributed by atoms with Gasteiger partial charge in [-0.3, -0.25) is 0 Å². The summed E-state index contributed by atoms with van der Waals surface area (Å²) in [7, 11) is 2.17. The fraction of sp³-hybridized carbons (Fsp3) is 0.600. The Kier molecular flexibility index (Phi) is 5.63. The molecule has 1 aromatic carbocycles. The van der Waals surface area contributed by atoms with Gasteiger partial charge in [-0.25, -0.2) is 0 Å². The molecule has 1 fully saturated rings. The number of rotatable bonds is 6. The molecule has 4 heteroatoms. The minimum absolute atomic E-state index is 0.0523. The molecule has 1 heterocycles. The highest BCUT2D eigenvalue weighted by molar-refractivity contribution is 5.33. The molecule has 0 bridgehead atoms. The molecule has 0 saturated carbocycles. The summed E-state index contributed by atoms with van der Waals surface area (Å²) in [5, 5.41) is 12.4. The highest BCUT2D eigenvalue weighted by Gasteiger charge is 2.16. The van der Waals surface area contributed by atoms with Gasteiger partial charge < -0.3 is 20.1 Å². The zero-order valence-electron chi connectivity index (χ0n) is 11.6. The lowest BCUT2D eigenvalue weighted by Gasteiger charge is -2.29. The van der Waals surface area contributed by atoms with Crippen LogP contribution in [0.3, 0.4) is 0 Å². The molecular formula is C15H24N2O2. The van der Waals surface area contributed by atoms with Crippen LogP contribution < -0.4 is 10.1 Å². The molecule has 2 rings (SSSR count). The predicted molar refractivity (Wildman–Crippen MR) is 76.4 cm³/mol. The summed E-state index contributed by atoms with van der Waals surface area (Å²) in [5.74, 6) is 0.872. The van der Waals surface area contributed by atoms with E-state index in [1.807, 2.05) is 18.2 Å². The van der Waals surface area contributed by atoms with Crippen molar-refractivity contribution < 1.29 is 9.84 Å². The van der Waals surface area contributed by atoms with Crippen molar-refractivity contribution in [3.05, 3.63) is 29.8 Å². The van der Waals surface area contributed by atoms with Gasteiger partial charge in [0.15, 0.2) is 0 Å².